The molecule has 0 aliphatic heterocycles. The maximum Gasteiger partial charge on any atom is 0.407 e. The Hall–Kier alpha value is -2.61. The molecule has 2 heterocycles. The molecule has 146 valence electrons. The Labute approximate surface area is 163 Å². The number of hydrogen-bond donors (Lipinski definition) is 1. The first-order chi connectivity index (χ1) is 12.6. The van der Waals surface area contributed by atoms with E-state index in [4.69, 9.17) is 11.6 Å². The maximum atomic E-state index is 12.7. The number of nitrogens with zero attached hydrogens (tertiary/aromatic N) is 5. The fourth-order valence-electron chi connectivity index (χ4n) is 2.69. The average Bonchev–Trinajstić information content (AvgIpc) is 2.97. The van der Waals surface area contributed by atoms with Crippen LogP contribution in [0.15, 0.2) is 30.7 Å². The van der Waals surface area contributed by atoms with E-state index in [0.29, 0.717) is 12.2 Å². The van der Waals surface area contributed by atoms with Crippen LogP contribution < -0.4 is 4.90 Å². The minimum absolute atomic E-state index is 0.0474. The van der Waals surface area contributed by atoms with E-state index in [1.165, 1.54) is 9.80 Å². The van der Waals surface area contributed by atoms with Crippen LogP contribution in [0.25, 0.3) is 5.69 Å². The summed E-state index contributed by atoms with van der Waals surface area (Å²) in [5, 5.41) is 13.8. The Morgan fingerprint density at radius 3 is 2.56 bits per heavy atom. The summed E-state index contributed by atoms with van der Waals surface area (Å²) >= 11 is 6.25. The number of carbonyl (C=O) groups is 2. The van der Waals surface area contributed by atoms with Gasteiger partial charge in [-0.3, -0.25) is 9.78 Å². The Morgan fingerprint density at radius 2 is 2.04 bits per heavy atom. The second-order valence-corrected chi connectivity index (χ2v) is 7.31. The molecule has 8 nitrogen and oxygen atoms in total. The molecule has 0 unspecified atom stereocenters. The van der Waals surface area contributed by atoms with Crippen molar-refractivity contribution in [1.82, 2.24) is 19.7 Å². The van der Waals surface area contributed by atoms with E-state index in [1.807, 2.05) is 13.0 Å². The molecule has 0 spiro atoms. The minimum Gasteiger partial charge on any atom is -0.465 e. The van der Waals surface area contributed by atoms with Crippen LogP contribution in [0.4, 0.5) is 10.5 Å². The van der Waals surface area contributed by atoms with Gasteiger partial charge in [-0.05, 0) is 39.8 Å². The molecule has 9 heteroatoms. The lowest BCUT2D eigenvalue weighted by Gasteiger charge is -2.33. The third-order valence-electron chi connectivity index (χ3n) is 4.06. The topological polar surface area (TPSA) is 91.6 Å². The summed E-state index contributed by atoms with van der Waals surface area (Å²) < 4.78 is 1.55. The summed E-state index contributed by atoms with van der Waals surface area (Å²) in [6.07, 6.45) is 3.95. The van der Waals surface area contributed by atoms with Gasteiger partial charge >= 0.3 is 6.09 Å². The summed E-state index contributed by atoms with van der Waals surface area (Å²) in [7, 11) is 0. The minimum atomic E-state index is -1.05. The van der Waals surface area contributed by atoms with E-state index >= 15 is 0 Å². The van der Waals surface area contributed by atoms with Gasteiger partial charge in [0.1, 0.15) is 5.69 Å². The molecule has 0 radical (unpaired) electrons. The molecule has 2 aromatic rings. The summed E-state index contributed by atoms with van der Waals surface area (Å²) in [4.78, 5) is 31.0. The van der Waals surface area contributed by atoms with Crippen molar-refractivity contribution in [2.75, 3.05) is 18.0 Å². The van der Waals surface area contributed by atoms with Crippen molar-refractivity contribution in [3.63, 3.8) is 0 Å². The highest BCUT2D eigenvalue weighted by molar-refractivity contribution is 6.32. The molecule has 0 saturated carbocycles. The quantitative estimate of drug-likeness (QED) is 0.811. The van der Waals surface area contributed by atoms with Crippen molar-refractivity contribution in [3.05, 3.63) is 35.9 Å². The molecular formula is C18H24ClN5O3. The molecular weight excluding hydrogens is 370 g/mol. The third-order valence-corrected chi connectivity index (χ3v) is 4.33. The normalized spacial score (nSPS) is 11.3. The van der Waals surface area contributed by atoms with Gasteiger partial charge in [-0.15, -0.1) is 0 Å². The molecule has 0 fully saturated rings. The van der Waals surface area contributed by atoms with Crippen molar-refractivity contribution in [2.24, 2.45) is 0 Å². The zero-order chi connectivity index (χ0) is 20.2. The van der Waals surface area contributed by atoms with Gasteiger partial charge < -0.3 is 14.9 Å². The van der Waals surface area contributed by atoms with Gasteiger partial charge in [0.15, 0.2) is 5.15 Å². The number of pyridine rings is 1. The second-order valence-electron chi connectivity index (χ2n) is 6.95. The van der Waals surface area contributed by atoms with E-state index in [9.17, 15) is 14.7 Å². The first-order valence-corrected chi connectivity index (χ1v) is 8.99. The van der Waals surface area contributed by atoms with Gasteiger partial charge in [-0.2, -0.15) is 5.10 Å². The van der Waals surface area contributed by atoms with Crippen molar-refractivity contribution in [1.29, 1.82) is 0 Å². The van der Waals surface area contributed by atoms with Gasteiger partial charge in [0.2, 0.25) is 5.91 Å². The molecule has 27 heavy (non-hydrogen) atoms. The number of anilines is 1. The Kier molecular flexibility index (Phi) is 6.43. The maximum absolute atomic E-state index is 12.7. The van der Waals surface area contributed by atoms with Crippen molar-refractivity contribution >= 4 is 29.3 Å². The predicted octanol–water partition coefficient (Wildman–Crippen LogP) is 3.44. The Morgan fingerprint density at radius 1 is 1.33 bits per heavy atom. The lowest BCUT2D eigenvalue weighted by atomic mass is 10.1. The van der Waals surface area contributed by atoms with Crippen molar-refractivity contribution < 1.29 is 14.7 Å². The van der Waals surface area contributed by atoms with Crippen LogP contribution in [0.3, 0.4) is 0 Å². The van der Waals surface area contributed by atoms with Gasteiger partial charge in [0, 0.05) is 31.2 Å². The number of aromatic nitrogens is 3. The van der Waals surface area contributed by atoms with Gasteiger partial charge in [-0.1, -0.05) is 11.6 Å². The highest BCUT2D eigenvalue weighted by Gasteiger charge is 2.28. The highest BCUT2D eigenvalue weighted by atomic mass is 35.5. The van der Waals surface area contributed by atoms with Crippen molar-refractivity contribution in [3.8, 4) is 5.69 Å². The lowest BCUT2D eigenvalue weighted by Crippen LogP contribution is -2.46. The highest BCUT2D eigenvalue weighted by Crippen LogP contribution is 2.26. The first-order valence-electron chi connectivity index (χ1n) is 8.61. The number of hydrogen-bond acceptors (Lipinski definition) is 4. The standard InChI is InChI=1S/C18H24ClN5O3/c1-5-22(15(25)8-10-23(17(26)27)18(2,3)4)14-12-24(21-16(14)19)13-7-6-9-20-11-13/h6-7,9,11-12H,5,8,10H2,1-4H3,(H,26,27). The number of rotatable bonds is 6. The van der Waals surface area contributed by atoms with E-state index in [1.54, 1.807) is 50.1 Å². The zero-order valence-electron chi connectivity index (χ0n) is 15.9. The summed E-state index contributed by atoms with van der Waals surface area (Å²) in [6, 6.07) is 3.60. The molecule has 0 aromatic carbocycles. The third kappa shape index (κ3) is 4.97. The summed E-state index contributed by atoms with van der Waals surface area (Å²) in [5.74, 6) is -0.222. The molecule has 0 bridgehead atoms. The molecule has 2 amide bonds. The molecule has 0 saturated heterocycles. The van der Waals surface area contributed by atoms with Gasteiger partial charge in [0.25, 0.3) is 0 Å². The first kappa shape index (κ1) is 20.7. The average molecular weight is 394 g/mol. The van der Waals surface area contributed by atoms with Crippen LogP contribution >= 0.6 is 11.6 Å². The predicted molar refractivity (Wildman–Crippen MR) is 103 cm³/mol. The van der Waals surface area contributed by atoms with E-state index < -0.39 is 11.6 Å². The van der Waals surface area contributed by atoms with Crippen LogP contribution in [-0.2, 0) is 4.79 Å². The van der Waals surface area contributed by atoms with Gasteiger partial charge in [-0.25, -0.2) is 9.48 Å². The number of carbonyl (C=O) groups excluding carboxylic acids is 1. The SMILES string of the molecule is CCN(C(=O)CCN(C(=O)O)C(C)(C)C)c1cn(-c2cccnc2)nc1Cl. The van der Waals surface area contributed by atoms with Crippen LogP contribution in [0.1, 0.15) is 34.1 Å². The number of halogens is 1. The Balaban J connectivity index is 2.18. The monoisotopic (exact) mass is 393 g/mol. The summed E-state index contributed by atoms with van der Waals surface area (Å²) in [5.41, 5.74) is 0.607. The number of amides is 2. The van der Waals surface area contributed by atoms with E-state index in [2.05, 4.69) is 10.1 Å². The number of carboxylic acid groups (broad SMARTS) is 1. The second kappa shape index (κ2) is 8.39. The largest absolute Gasteiger partial charge is 0.465 e. The van der Waals surface area contributed by atoms with Gasteiger partial charge in [0.05, 0.1) is 18.1 Å². The smallest absolute Gasteiger partial charge is 0.407 e. The van der Waals surface area contributed by atoms with Crippen LogP contribution in [-0.4, -0.2) is 55.4 Å². The molecule has 2 rings (SSSR count). The fourth-order valence-corrected chi connectivity index (χ4v) is 2.92. The van der Waals surface area contributed by atoms with Crippen molar-refractivity contribution in [2.45, 2.75) is 39.7 Å². The van der Waals surface area contributed by atoms with Crippen LogP contribution in [0, 0.1) is 0 Å². The molecule has 1 N–H and O–H groups in total. The van der Waals surface area contributed by atoms with E-state index in [0.717, 1.165) is 5.69 Å². The molecule has 0 atom stereocenters. The van der Waals surface area contributed by atoms with Crippen LogP contribution in [0.2, 0.25) is 5.15 Å². The molecule has 0 aliphatic carbocycles. The van der Waals surface area contributed by atoms with Crippen LogP contribution in [0.5, 0.6) is 0 Å². The molecule has 0 aliphatic rings. The lowest BCUT2D eigenvalue weighted by molar-refractivity contribution is -0.118. The van der Waals surface area contributed by atoms with E-state index in [-0.39, 0.29) is 24.0 Å². The zero-order valence-corrected chi connectivity index (χ0v) is 16.6. The Bertz CT molecular complexity index is 801. The summed E-state index contributed by atoms with van der Waals surface area (Å²) in [6.45, 7) is 7.69. The fraction of sp³-hybridized carbons (Fsp3) is 0.444. The molecule has 2 aromatic heterocycles.